The molecule has 3 rings (SSSR count). The molecule has 1 amide bonds. The summed E-state index contributed by atoms with van der Waals surface area (Å²) in [5, 5.41) is 11.5. The number of benzene rings is 1. The van der Waals surface area contributed by atoms with Crippen LogP contribution in [0.4, 0.5) is 0 Å². The number of amides is 1. The molecule has 3 aromatic rings. The highest BCUT2D eigenvalue weighted by atomic mass is 16.2. The van der Waals surface area contributed by atoms with Crippen LogP contribution >= 0.6 is 0 Å². The standard InChI is InChI=1S/C15H14BN4O2/c1-17-15(21)13-6-12-14(7-18-13)20(9-19-12)8-10-2-4-11(16-22)5-3-10/h2-7,9,22H,8H2,1H3,(H,17,21). The average Bonchev–Trinajstić information content (AvgIpc) is 2.97. The third-order valence-corrected chi connectivity index (χ3v) is 3.45. The summed E-state index contributed by atoms with van der Waals surface area (Å²) in [7, 11) is 2.64. The van der Waals surface area contributed by atoms with Crippen LogP contribution in [0.15, 0.2) is 42.9 Å². The highest BCUT2D eigenvalue weighted by molar-refractivity contribution is 6.45. The van der Waals surface area contributed by atoms with Crippen molar-refractivity contribution in [3.8, 4) is 0 Å². The van der Waals surface area contributed by atoms with Gasteiger partial charge in [0.25, 0.3) is 5.91 Å². The summed E-state index contributed by atoms with van der Waals surface area (Å²) in [5.74, 6) is -0.229. The Kier molecular flexibility index (Phi) is 3.89. The van der Waals surface area contributed by atoms with Gasteiger partial charge in [-0.2, -0.15) is 0 Å². The molecule has 0 aliphatic heterocycles. The van der Waals surface area contributed by atoms with Crippen molar-refractivity contribution in [2.45, 2.75) is 6.54 Å². The lowest BCUT2D eigenvalue weighted by Crippen LogP contribution is -2.19. The molecular formula is C15H14BN4O2. The second kappa shape index (κ2) is 5.99. The molecule has 2 aromatic heterocycles. The smallest absolute Gasteiger partial charge is 0.326 e. The maximum absolute atomic E-state index is 11.6. The van der Waals surface area contributed by atoms with Gasteiger partial charge in [0.2, 0.25) is 0 Å². The highest BCUT2D eigenvalue weighted by Gasteiger charge is 2.09. The number of carbonyl (C=O) groups is 1. The molecule has 0 aliphatic rings. The maximum atomic E-state index is 11.6. The molecule has 0 fully saturated rings. The van der Waals surface area contributed by atoms with E-state index in [9.17, 15) is 4.79 Å². The molecule has 0 unspecified atom stereocenters. The number of pyridine rings is 1. The molecule has 109 valence electrons. The van der Waals surface area contributed by atoms with E-state index < -0.39 is 0 Å². The van der Waals surface area contributed by atoms with E-state index in [2.05, 4.69) is 15.3 Å². The minimum atomic E-state index is -0.229. The average molecular weight is 293 g/mol. The van der Waals surface area contributed by atoms with E-state index in [1.165, 1.54) is 0 Å². The number of carbonyl (C=O) groups excluding carboxylic acids is 1. The van der Waals surface area contributed by atoms with Crippen molar-refractivity contribution in [2.24, 2.45) is 0 Å². The molecule has 1 radical (unpaired) electrons. The molecular weight excluding hydrogens is 279 g/mol. The largest absolute Gasteiger partial charge is 0.450 e. The van der Waals surface area contributed by atoms with Crippen molar-refractivity contribution in [1.29, 1.82) is 0 Å². The van der Waals surface area contributed by atoms with Gasteiger partial charge in [0.15, 0.2) is 0 Å². The quantitative estimate of drug-likeness (QED) is 0.667. The second-order valence-corrected chi connectivity index (χ2v) is 4.88. The Hall–Kier alpha value is -2.67. The van der Waals surface area contributed by atoms with Gasteiger partial charge in [0, 0.05) is 13.6 Å². The Morgan fingerprint density at radius 3 is 2.77 bits per heavy atom. The summed E-state index contributed by atoms with van der Waals surface area (Å²) < 4.78 is 1.97. The molecule has 0 saturated carbocycles. The molecule has 6 nitrogen and oxygen atoms in total. The van der Waals surface area contributed by atoms with Gasteiger partial charge in [-0.05, 0) is 11.6 Å². The Labute approximate surface area is 128 Å². The summed E-state index contributed by atoms with van der Waals surface area (Å²) in [6.45, 7) is 0.642. The maximum Gasteiger partial charge on any atom is 0.326 e. The zero-order chi connectivity index (χ0) is 15.5. The van der Waals surface area contributed by atoms with Gasteiger partial charge in [-0.15, -0.1) is 0 Å². The molecule has 0 aliphatic carbocycles. The fourth-order valence-corrected chi connectivity index (χ4v) is 2.24. The molecule has 22 heavy (non-hydrogen) atoms. The van der Waals surface area contributed by atoms with Gasteiger partial charge in [0.1, 0.15) is 5.69 Å². The topological polar surface area (TPSA) is 80.0 Å². The van der Waals surface area contributed by atoms with Crippen LogP contribution in [0, 0.1) is 0 Å². The lowest BCUT2D eigenvalue weighted by molar-refractivity contribution is 0.0958. The third kappa shape index (κ3) is 2.71. The molecule has 0 spiro atoms. The molecule has 7 heteroatoms. The van der Waals surface area contributed by atoms with Crippen LogP contribution in [0.3, 0.4) is 0 Å². The van der Waals surface area contributed by atoms with Gasteiger partial charge in [-0.3, -0.25) is 4.79 Å². The van der Waals surface area contributed by atoms with E-state index in [0.717, 1.165) is 29.5 Å². The van der Waals surface area contributed by atoms with E-state index >= 15 is 0 Å². The monoisotopic (exact) mass is 293 g/mol. The van der Waals surface area contributed by atoms with Gasteiger partial charge >= 0.3 is 7.48 Å². The predicted octanol–water partition coefficient (Wildman–Crippen LogP) is 0.0760. The first kappa shape index (κ1) is 14.3. The lowest BCUT2D eigenvalue weighted by atomic mass is 9.88. The Morgan fingerprint density at radius 2 is 2.09 bits per heavy atom. The molecule has 2 N–H and O–H groups in total. The van der Waals surface area contributed by atoms with Crippen LogP contribution in [0.2, 0.25) is 0 Å². The zero-order valence-electron chi connectivity index (χ0n) is 12.0. The molecule has 0 bridgehead atoms. The number of nitrogens with one attached hydrogen (secondary N) is 1. The predicted molar refractivity (Wildman–Crippen MR) is 84.1 cm³/mol. The first-order valence-corrected chi connectivity index (χ1v) is 6.80. The normalized spacial score (nSPS) is 10.6. The van der Waals surface area contributed by atoms with Crippen LogP contribution in [0.1, 0.15) is 16.1 Å². The fourth-order valence-electron chi connectivity index (χ4n) is 2.24. The van der Waals surface area contributed by atoms with Crippen molar-refractivity contribution in [3.63, 3.8) is 0 Å². The summed E-state index contributed by atoms with van der Waals surface area (Å²) in [5.41, 5.74) is 3.79. The van der Waals surface area contributed by atoms with Crippen molar-refractivity contribution >= 4 is 29.9 Å². The Balaban J connectivity index is 1.89. The highest BCUT2D eigenvalue weighted by Crippen LogP contribution is 2.14. The van der Waals surface area contributed by atoms with Crippen LogP contribution in [0.25, 0.3) is 11.0 Å². The lowest BCUT2D eigenvalue weighted by Gasteiger charge is -2.05. The Bertz CT molecular complexity index is 814. The number of fused-ring (bicyclic) bond motifs is 1. The van der Waals surface area contributed by atoms with Gasteiger partial charge < -0.3 is 14.9 Å². The van der Waals surface area contributed by atoms with E-state index in [0.29, 0.717) is 12.2 Å². The van der Waals surface area contributed by atoms with Crippen LogP contribution in [0.5, 0.6) is 0 Å². The SMILES string of the molecule is CNC(=O)c1cc2ncn(Cc3ccc([B]O)cc3)c2cn1. The van der Waals surface area contributed by atoms with Crippen molar-refractivity contribution in [1.82, 2.24) is 19.9 Å². The Morgan fingerprint density at radius 1 is 1.32 bits per heavy atom. The summed E-state index contributed by atoms with van der Waals surface area (Å²) in [6.07, 6.45) is 3.38. The van der Waals surface area contributed by atoms with E-state index in [4.69, 9.17) is 5.02 Å². The minimum absolute atomic E-state index is 0.229. The number of hydrogen-bond donors (Lipinski definition) is 2. The van der Waals surface area contributed by atoms with Gasteiger partial charge in [-0.25, -0.2) is 9.97 Å². The minimum Gasteiger partial charge on any atom is -0.450 e. The van der Waals surface area contributed by atoms with E-state index in [1.54, 1.807) is 25.6 Å². The number of hydrogen-bond acceptors (Lipinski definition) is 4. The zero-order valence-corrected chi connectivity index (χ0v) is 12.0. The fraction of sp³-hybridized carbons (Fsp3) is 0.133. The number of rotatable bonds is 4. The summed E-state index contributed by atoms with van der Waals surface area (Å²) in [4.78, 5) is 20.1. The molecule has 1 aromatic carbocycles. The van der Waals surface area contributed by atoms with E-state index in [1.807, 2.05) is 28.8 Å². The number of nitrogens with zero attached hydrogens (tertiary/aromatic N) is 3. The third-order valence-electron chi connectivity index (χ3n) is 3.45. The van der Waals surface area contributed by atoms with Crippen LogP contribution in [-0.4, -0.2) is 40.0 Å². The first-order valence-electron chi connectivity index (χ1n) is 6.80. The van der Waals surface area contributed by atoms with Crippen molar-refractivity contribution in [3.05, 3.63) is 54.1 Å². The molecule has 0 saturated heterocycles. The van der Waals surface area contributed by atoms with Crippen LogP contribution < -0.4 is 10.8 Å². The van der Waals surface area contributed by atoms with Gasteiger partial charge in [-0.1, -0.05) is 29.7 Å². The first-order chi connectivity index (χ1) is 10.7. The summed E-state index contributed by atoms with van der Waals surface area (Å²) >= 11 is 0. The molecule has 0 atom stereocenters. The van der Waals surface area contributed by atoms with Crippen molar-refractivity contribution in [2.75, 3.05) is 7.05 Å². The number of aromatic nitrogens is 3. The molecule has 2 heterocycles. The number of imidazole rings is 1. The summed E-state index contributed by atoms with van der Waals surface area (Å²) in [6, 6.07) is 9.25. The second-order valence-electron chi connectivity index (χ2n) is 4.88. The van der Waals surface area contributed by atoms with Crippen molar-refractivity contribution < 1.29 is 9.82 Å². The van der Waals surface area contributed by atoms with Crippen LogP contribution in [-0.2, 0) is 6.54 Å². The van der Waals surface area contributed by atoms with E-state index in [-0.39, 0.29) is 5.91 Å². The van der Waals surface area contributed by atoms with Gasteiger partial charge in [0.05, 0.1) is 23.6 Å².